The minimum absolute atomic E-state index is 0.00461. The molecule has 0 aliphatic rings. The molecule has 0 radical (unpaired) electrons. The number of hydrogen-bond acceptors (Lipinski definition) is 4. The van der Waals surface area contributed by atoms with Crippen molar-refractivity contribution in [2.45, 2.75) is 20.8 Å². The first-order valence-electron chi connectivity index (χ1n) is 7.51. The standard InChI is InChI=1S/C18H15BrN2O4/c1-8(22)12-7-14-13-6-11(19)4-5-15(13)20-16(14)17(18(12)25)21(9(2)23)10(3)24/h4-7,20,25H,1-3H3. The van der Waals surface area contributed by atoms with Crippen LogP contribution in [0.5, 0.6) is 5.75 Å². The second-order valence-corrected chi connectivity index (χ2v) is 6.70. The van der Waals surface area contributed by atoms with Crippen molar-refractivity contribution in [3.8, 4) is 5.75 Å². The molecule has 0 unspecified atom stereocenters. The van der Waals surface area contributed by atoms with Crippen molar-refractivity contribution in [3.63, 3.8) is 0 Å². The van der Waals surface area contributed by atoms with Gasteiger partial charge >= 0.3 is 0 Å². The summed E-state index contributed by atoms with van der Waals surface area (Å²) in [5, 5.41) is 12.1. The molecular formula is C18H15BrN2O4. The van der Waals surface area contributed by atoms with E-state index in [1.165, 1.54) is 20.8 Å². The van der Waals surface area contributed by atoms with Gasteiger partial charge in [-0.15, -0.1) is 0 Å². The molecule has 3 aromatic rings. The first-order chi connectivity index (χ1) is 11.7. The van der Waals surface area contributed by atoms with Crippen LogP contribution in [0.2, 0.25) is 0 Å². The average Bonchev–Trinajstić information content (AvgIpc) is 2.86. The van der Waals surface area contributed by atoms with Crippen LogP contribution < -0.4 is 4.90 Å². The fourth-order valence-corrected chi connectivity index (χ4v) is 3.36. The molecule has 7 heteroatoms. The number of phenolic OH excluding ortho intramolecular Hbond substituents is 1. The van der Waals surface area contributed by atoms with Crippen molar-refractivity contribution in [2.24, 2.45) is 0 Å². The number of Topliss-reactive ketones (excluding diaryl/α,β-unsaturated/α-hetero) is 1. The van der Waals surface area contributed by atoms with Crippen molar-refractivity contribution in [1.82, 2.24) is 4.98 Å². The van der Waals surface area contributed by atoms with Crippen LogP contribution in [0.15, 0.2) is 28.7 Å². The Kier molecular flexibility index (Phi) is 4.12. The third-order valence-corrected chi connectivity index (χ3v) is 4.53. The van der Waals surface area contributed by atoms with Gasteiger partial charge in [-0.25, -0.2) is 4.90 Å². The van der Waals surface area contributed by atoms with Gasteiger partial charge in [-0.2, -0.15) is 0 Å². The molecule has 1 aromatic heterocycles. The summed E-state index contributed by atoms with van der Waals surface area (Å²) in [6.45, 7) is 3.78. The SMILES string of the molecule is CC(=O)c1cc2c([nH]c3ccc(Br)cc32)c(N(C(C)=O)C(C)=O)c1O. The highest BCUT2D eigenvalue weighted by atomic mass is 79.9. The molecule has 25 heavy (non-hydrogen) atoms. The maximum Gasteiger partial charge on any atom is 0.230 e. The first-order valence-corrected chi connectivity index (χ1v) is 8.30. The van der Waals surface area contributed by atoms with E-state index in [2.05, 4.69) is 20.9 Å². The summed E-state index contributed by atoms with van der Waals surface area (Å²) in [5.41, 5.74) is 1.22. The van der Waals surface area contributed by atoms with E-state index in [9.17, 15) is 19.5 Å². The molecule has 0 fully saturated rings. The Morgan fingerprint density at radius 3 is 2.24 bits per heavy atom. The molecule has 3 rings (SSSR count). The van der Waals surface area contributed by atoms with E-state index in [0.717, 1.165) is 20.3 Å². The van der Waals surface area contributed by atoms with Gasteiger partial charge in [-0.3, -0.25) is 14.4 Å². The van der Waals surface area contributed by atoms with Crippen LogP contribution in [0.4, 0.5) is 5.69 Å². The summed E-state index contributed by atoms with van der Waals surface area (Å²) >= 11 is 3.41. The maximum atomic E-state index is 12.0. The minimum atomic E-state index is -0.551. The lowest BCUT2D eigenvalue weighted by Gasteiger charge is -2.20. The second kappa shape index (κ2) is 6.00. The number of aromatic nitrogens is 1. The van der Waals surface area contributed by atoms with Crippen LogP contribution in [0.25, 0.3) is 21.8 Å². The van der Waals surface area contributed by atoms with Crippen molar-refractivity contribution >= 4 is 61.0 Å². The topological polar surface area (TPSA) is 90.5 Å². The summed E-state index contributed by atoms with van der Waals surface area (Å²) < 4.78 is 0.842. The van der Waals surface area contributed by atoms with Crippen LogP contribution in [-0.4, -0.2) is 27.7 Å². The highest BCUT2D eigenvalue weighted by molar-refractivity contribution is 9.10. The Bertz CT molecular complexity index is 1050. The predicted octanol–water partition coefficient (Wildman–Crippen LogP) is 3.89. The fourth-order valence-electron chi connectivity index (χ4n) is 3.00. The van der Waals surface area contributed by atoms with Gasteiger partial charge in [0.25, 0.3) is 0 Å². The highest BCUT2D eigenvalue weighted by Gasteiger charge is 2.27. The molecule has 0 bridgehead atoms. The Morgan fingerprint density at radius 2 is 1.68 bits per heavy atom. The smallest absolute Gasteiger partial charge is 0.230 e. The maximum absolute atomic E-state index is 12.0. The number of amides is 2. The largest absolute Gasteiger partial charge is 0.505 e. The molecule has 128 valence electrons. The van der Waals surface area contributed by atoms with E-state index in [0.29, 0.717) is 10.9 Å². The molecular weight excluding hydrogens is 388 g/mol. The third kappa shape index (κ3) is 2.70. The van der Waals surface area contributed by atoms with Gasteiger partial charge in [0, 0.05) is 34.6 Å². The lowest BCUT2D eigenvalue weighted by molar-refractivity contribution is -0.124. The number of fused-ring (bicyclic) bond motifs is 3. The van der Waals surface area contributed by atoms with Crippen molar-refractivity contribution in [2.75, 3.05) is 4.90 Å². The van der Waals surface area contributed by atoms with Gasteiger partial charge in [0.2, 0.25) is 11.8 Å². The zero-order valence-corrected chi connectivity index (χ0v) is 15.4. The number of halogens is 1. The summed E-state index contributed by atoms with van der Waals surface area (Å²) in [5.74, 6) is -1.86. The van der Waals surface area contributed by atoms with Crippen molar-refractivity contribution in [1.29, 1.82) is 0 Å². The fraction of sp³-hybridized carbons (Fsp3) is 0.167. The van der Waals surface area contributed by atoms with E-state index in [4.69, 9.17) is 0 Å². The number of aromatic hydroxyl groups is 1. The van der Waals surface area contributed by atoms with E-state index >= 15 is 0 Å². The Balaban J connectivity index is 2.54. The summed E-state index contributed by atoms with van der Waals surface area (Å²) in [4.78, 5) is 40.0. The number of rotatable bonds is 2. The number of carbonyl (C=O) groups excluding carboxylic acids is 3. The lowest BCUT2D eigenvalue weighted by Crippen LogP contribution is -2.33. The number of carbonyl (C=O) groups is 3. The summed E-state index contributed by atoms with van der Waals surface area (Å²) in [6, 6.07) is 7.11. The zero-order chi connectivity index (χ0) is 18.5. The molecule has 0 aliphatic heterocycles. The van der Waals surface area contributed by atoms with Crippen LogP contribution in [0.3, 0.4) is 0 Å². The lowest BCUT2D eigenvalue weighted by atomic mass is 10.0. The van der Waals surface area contributed by atoms with Crippen molar-refractivity contribution < 1.29 is 19.5 Å². The highest BCUT2D eigenvalue weighted by Crippen LogP contribution is 2.42. The van der Waals surface area contributed by atoms with E-state index in [1.807, 2.05) is 18.2 Å². The Labute approximate surface area is 151 Å². The van der Waals surface area contributed by atoms with Gasteiger partial charge in [0.15, 0.2) is 11.5 Å². The first kappa shape index (κ1) is 17.2. The minimum Gasteiger partial charge on any atom is -0.505 e. The summed E-state index contributed by atoms with van der Waals surface area (Å²) in [7, 11) is 0. The second-order valence-electron chi connectivity index (χ2n) is 5.79. The van der Waals surface area contributed by atoms with Crippen LogP contribution in [-0.2, 0) is 9.59 Å². The third-order valence-electron chi connectivity index (χ3n) is 4.04. The molecule has 0 aliphatic carbocycles. The molecule has 6 nitrogen and oxygen atoms in total. The Morgan fingerprint density at radius 1 is 1.04 bits per heavy atom. The number of H-pyrrole nitrogens is 1. The number of aromatic amines is 1. The quantitative estimate of drug-likeness (QED) is 0.636. The Hall–Kier alpha value is -2.67. The molecule has 2 amide bonds. The molecule has 0 saturated carbocycles. The molecule has 0 saturated heterocycles. The van der Waals surface area contributed by atoms with Crippen LogP contribution in [0.1, 0.15) is 31.1 Å². The number of hydrogen-bond donors (Lipinski definition) is 2. The average molecular weight is 403 g/mol. The van der Waals surface area contributed by atoms with Gasteiger partial charge in [-0.05, 0) is 31.2 Å². The van der Waals surface area contributed by atoms with Gasteiger partial charge < -0.3 is 10.1 Å². The van der Waals surface area contributed by atoms with Crippen LogP contribution in [0, 0.1) is 0 Å². The predicted molar refractivity (Wildman–Crippen MR) is 99.0 cm³/mol. The number of ketones is 1. The number of nitrogens with zero attached hydrogens (tertiary/aromatic N) is 1. The van der Waals surface area contributed by atoms with Gasteiger partial charge in [0.1, 0.15) is 5.69 Å². The molecule has 2 aromatic carbocycles. The number of nitrogens with one attached hydrogen (secondary N) is 1. The zero-order valence-electron chi connectivity index (χ0n) is 13.8. The van der Waals surface area contributed by atoms with Crippen molar-refractivity contribution in [3.05, 3.63) is 34.3 Å². The number of imide groups is 1. The van der Waals surface area contributed by atoms with Gasteiger partial charge in [0.05, 0.1) is 11.1 Å². The van der Waals surface area contributed by atoms with E-state index < -0.39 is 17.6 Å². The van der Waals surface area contributed by atoms with Crippen LogP contribution >= 0.6 is 15.9 Å². The molecule has 1 heterocycles. The summed E-state index contributed by atoms with van der Waals surface area (Å²) in [6.07, 6.45) is 0. The molecule has 0 spiro atoms. The number of phenols is 1. The van der Waals surface area contributed by atoms with Gasteiger partial charge in [-0.1, -0.05) is 15.9 Å². The molecule has 0 atom stereocenters. The number of benzene rings is 2. The van der Waals surface area contributed by atoms with E-state index in [-0.39, 0.29) is 17.0 Å². The molecule has 2 N–H and O–H groups in total. The number of anilines is 1. The normalized spacial score (nSPS) is 11.0. The van der Waals surface area contributed by atoms with E-state index in [1.54, 1.807) is 6.07 Å². The monoisotopic (exact) mass is 402 g/mol.